The van der Waals surface area contributed by atoms with Crippen LogP contribution < -0.4 is 11.1 Å². The molecule has 0 heterocycles. The van der Waals surface area contributed by atoms with Crippen LogP contribution >= 0.6 is 0 Å². The number of hydrogen-bond acceptors (Lipinski definition) is 3. The molecule has 0 aliphatic carbocycles. The molecular weight excluding hydrogens is 168 g/mol. The summed E-state index contributed by atoms with van der Waals surface area (Å²) in [6.07, 6.45) is 1.88. The molecule has 0 saturated carbocycles. The number of nitrogens with one attached hydrogen (secondary N) is 1. The number of amides is 1. The highest BCUT2D eigenvalue weighted by atomic mass is 16.2. The fourth-order valence-electron chi connectivity index (χ4n) is 0.941. The molecule has 4 heteroatoms. The summed E-state index contributed by atoms with van der Waals surface area (Å²) in [6, 6.07) is 0. The first-order valence-corrected chi connectivity index (χ1v) is 4.62. The molecule has 0 atom stereocenters. The highest BCUT2D eigenvalue weighted by molar-refractivity contribution is 5.76. The SMILES string of the molecule is CC(C)(N)CC(=O)NCCCCO. The van der Waals surface area contributed by atoms with E-state index in [1.807, 2.05) is 13.8 Å². The number of rotatable bonds is 6. The first-order valence-electron chi connectivity index (χ1n) is 4.62. The third kappa shape index (κ3) is 9.30. The number of carbonyl (C=O) groups is 1. The summed E-state index contributed by atoms with van der Waals surface area (Å²) >= 11 is 0. The Bertz CT molecular complexity index is 152. The van der Waals surface area contributed by atoms with Crippen molar-refractivity contribution in [3.8, 4) is 0 Å². The van der Waals surface area contributed by atoms with Crippen molar-refractivity contribution in [3.05, 3.63) is 0 Å². The van der Waals surface area contributed by atoms with Crippen LogP contribution in [0.3, 0.4) is 0 Å². The molecule has 1 amide bonds. The number of unbranched alkanes of at least 4 members (excludes halogenated alkanes) is 1. The first-order chi connectivity index (χ1) is 5.95. The molecule has 4 nitrogen and oxygen atoms in total. The fourth-order valence-corrected chi connectivity index (χ4v) is 0.941. The van der Waals surface area contributed by atoms with E-state index in [2.05, 4.69) is 5.32 Å². The van der Waals surface area contributed by atoms with Crippen molar-refractivity contribution in [2.75, 3.05) is 13.2 Å². The molecule has 13 heavy (non-hydrogen) atoms. The Morgan fingerprint density at radius 3 is 2.54 bits per heavy atom. The van der Waals surface area contributed by atoms with E-state index < -0.39 is 5.54 Å². The monoisotopic (exact) mass is 188 g/mol. The average molecular weight is 188 g/mol. The summed E-state index contributed by atoms with van der Waals surface area (Å²) in [5.74, 6) is -0.0227. The lowest BCUT2D eigenvalue weighted by molar-refractivity contribution is -0.122. The molecule has 78 valence electrons. The largest absolute Gasteiger partial charge is 0.396 e. The van der Waals surface area contributed by atoms with Crippen LogP contribution in [-0.4, -0.2) is 29.7 Å². The Morgan fingerprint density at radius 1 is 1.46 bits per heavy atom. The van der Waals surface area contributed by atoms with Crippen molar-refractivity contribution < 1.29 is 9.90 Å². The predicted octanol–water partition coefficient (Wildman–Crippen LogP) is 0.00250. The Kier molecular flexibility index (Phi) is 5.66. The quantitative estimate of drug-likeness (QED) is 0.514. The highest BCUT2D eigenvalue weighted by Gasteiger charge is 2.15. The minimum atomic E-state index is -0.443. The molecule has 0 rings (SSSR count). The molecule has 0 unspecified atom stereocenters. The van der Waals surface area contributed by atoms with Gasteiger partial charge in [-0.15, -0.1) is 0 Å². The maximum absolute atomic E-state index is 11.2. The van der Waals surface area contributed by atoms with Crippen LogP contribution in [0.1, 0.15) is 33.1 Å². The van der Waals surface area contributed by atoms with Gasteiger partial charge in [-0.3, -0.25) is 4.79 Å². The third-order valence-corrected chi connectivity index (χ3v) is 1.52. The van der Waals surface area contributed by atoms with Gasteiger partial charge in [0, 0.05) is 25.1 Å². The Labute approximate surface area is 79.5 Å². The number of aliphatic hydroxyl groups is 1. The van der Waals surface area contributed by atoms with E-state index in [9.17, 15) is 4.79 Å². The molecule has 0 aromatic heterocycles. The third-order valence-electron chi connectivity index (χ3n) is 1.52. The van der Waals surface area contributed by atoms with Gasteiger partial charge >= 0.3 is 0 Å². The Hall–Kier alpha value is -0.610. The van der Waals surface area contributed by atoms with Crippen LogP contribution in [0.5, 0.6) is 0 Å². The first kappa shape index (κ1) is 12.4. The van der Waals surface area contributed by atoms with Crippen molar-refractivity contribution >= 4 is 5.91 Å². The molecule has 4 N–H and O–H groups in total. The molecule has 0 aromatic carbocycles. The molecule has 0 fully saturated rings. The van der Waals surface area contributed by atoms with E-state index in [1.54, 1.807) is 0 Å². The normalized spacial score (nSPS) is 11.4. The van der Waals surface area contributed by atoms with E-state index in [1.165, 1.54) is 0 Å². The van der Waals surface area contributed by atoms with E-state index in [0.29, 0.717) is 13.0 Å². The van der Waals surface area contributed by atoms with Gasteiger partial charge in [-0.1, -0.05) is 0 Å². The van der Waals surface area contributed by atoms with Crippen molar-refractivity contribution in [3.63, 3.8) is 0 Å². The smallest absolute Gasteiger partial charge is 0.221 e. The lowest BCUT2D eigenvalue weighted by atomic mass is 10.0. The van der Waals surface area contributed by atoms with Crippen molar-refractivity contribution in [1.29, 1.82) is 0 Å². The van der Waals surface area contributed by atoms with Crippen LogP contribution in [0.2, 0.25) is 0 Å². The molecule has 0 aromatic rings. The fraction of sp³-hybridized carbons (Fsp3) is 0.889. The molecule has 0 aliphatic heterocycles. The van der Waals surface area contributed by atoms with Gasteiger partial charge in [0.25, 0.3) is 0 Å². The lowest BCUT2D eigenvalue weighted by Crippen LogP contribution is -2.39. The predicted molar refractivity (Wildman–Crippen MR) is 52.2 cm³/mol. The minimum absolute atomic E-state index is 0.0227. The van der Waals surface area contributed by atoms with Gasteiger partial charge < -0.3 is 16.2 Å². The van der Waals surface area contributed by atoms with Crippen LogP contribution in [0.4, 0.5) is 0 Å². The minimum Gasteiger partial charge on any atom is -0.396 e. The zero-order valence-electron chi connectivity index (χ0n) is 8.47. The zero-order valence-corrected chi connectivity index (χ0v) is 8.47. The van der Waals surface area contributed by atoms with Gasteiger partial charge in [-0.2, -0.15) is 0 Å². The van der Waals surface area contributed by atoms with Crippen molar-refractivity contribution in [2.24, 2.45) is 5.73 Å². The van der Waals surface area contributed by atoms with Crippen LogP contribution in [0, 0.1) is 0 Å². The number of carbonyl (C=O) groups excluding carboxylic acids is 1. The molecule has 0 saturated heterocycles. The Morgan fingerprint density at radius 2 is 2.08 bits per heavy atom. The van der Waals surface area contributed by atoms with Gasteiger partial charge in [0.1, 0.15) is 0 Å². The van der Waals surface area contributed by atoms with E-state index >= 15 is 0 Å². The topological polar surface area (TPSA) is 75.4 Å². The zero-order chi connectivity index (χ0) is 10.3. The molecule has 0 aliphatic rings. The number of hydrogen-bond donors (Lipinski definition) is 3. The lowest BCUT2D eigenvalue weighted by Gasteiger charge is -2.17. The van der Waals surface area contributed by atoms with E-state index in [0.717, 1.165) is 12.8 Å². The van der Waals surface area contributed by atoms with Gasteiger partial charge in [0.15, 0.2) is 0 Å². The molecular formula is C9H20N2O2. The van der Waals surface area contributed by atoms with Gasteiger partial charge in [0.05, 0.1) is 0 Å². The van der Waals surface area contributed by atoms with Gasteiger partial charge in [0.2, 0.25) is 5.91 Å². The van der Waals surface area contributed by atoms with E-state index in [-0.39, 0.29) is 12.5 Å². The van der Waals surface area contributed by atoms with Crippen LogP contribution in [0.25, 0.3) is 0 Å². The number of aliphatic hydroxyl groups excluding tert-OH is 1. The van der Waals surface area contributed by atoms with Crippen LogP contribution in [-0.2, 0) is 4.79 Å². The Balaban J connectivity index is 3.41. The maximum atomic E-state index is 11.2. The average Bonchev–Trinajstić information content (AvgIpc) is 1.94. The summed E-state index contributed by atoms with van der Waals surface area (Å²) in [5, 5.41) is 11.2. The van der Waals surface area contributed by atoms with Crippen molar-refractivity contribution in [2.45, 2.75) is 38.6 Å². The molecule has 0 radical (unpaired) electrons. The highest BCUT2D eigenvalue weighted by Crippen LogP contribution is 2.02. The van der Waals surface area contributed by atoms with E-state index in [4.69, 9.17) is 10.8 Å². The van der Waals surface area contributed by atoms with Crippen LogP contribution in [0.15, 0.2) is 0 Å². The summed E-state index contributed by atoms with van der Waals surface area (Å²) in [7, 11) is 0. The summed E-state index contributed by atoms with van der Waals surface area (Å²) < 4.78 is 0. The molecule has 0 bridgehead atoms. The number of nitrogens with two attached hydrogens (primary N) is 1. The maximum Gasteiger partial charge on any atom is 0.221 e. The second kappa shape index (κ2) is 5.94. The summed E-state index contributed by atoms with van der Waals surface area (Å²) in [4.78, 5) is 11.2. The second-order valence-electron chi connectivity index (χ2n) is 3.95. The molecule has 0 spiro atoms. The van der Waals surface area contributed by atoms with Crippen molar-refractivity contribution in [1.82, 2.24) is 5.32 Å². The standard InChI is InChI=1S/C9H20N2O2/c1-9(2,10)7-8(13)11-5-3-4-6-12/h12H,3-7,10H2,1-2H3,(H,11,13). The van der Waals surface area contributed by atoms with Gasteiger partial charge in [-0.25, -0.2) is 0 Å². The van der Waals surface area contributed by atoms with Gasteiger partial charge in [-0.05, 0) is 26.7 Å². The summed E-state index contributed by atoms with van der Waals surface area (Å²) in [6.45, 7) is 4.44. The second-order valence-corrected chi connectivity index (χ2v) is 3.95. The summed E-state index contributed by atoms with van der Waals surface area (Å²) in [5.41, 5.74) is 5.22.